The van der Waals surface area contributed by atoms with Gasteiger partial charge in [-0.15, -0.1) is 0 Å². The lowest BCUT2D eigenvalue weighted by Gasteiger charge is -2.05. The summed E-state index contributed by atoms with van der Waals surface area (Å²) in [6.45, 7) is 5.50. The number of rotatable bonds is 5. The maximum absolute atomic E-state index is 4.90. The highest BCUT2D eigenvalue weighted by molar-refractivity contribution is 5.25. The zero-order chi connectivity index (χ0) is 12.1. The molecule has 0 fully saturated rings. The molecule has 2 rings (SSSR count). The molecule has 0 saturated heterocycles. The van der Waals surface area contributed by atoms with Gasteiger partial charge in [-0.1, -0.05) is 29.4 Å². The molecule has 4 heteroatoms. The van der Waals surface area contributed by atoms with Crippen LogP contribution in [0.4, 0.5) is 0 Å². The quantitative estimate of drug-likeness (QED) is 0.800. The van der Waals surface area contributed by atoms with Crippen molar-refractivity contribution in [1.82, 2.24) is 15.5 Å². The summed E-state index contributed by atoms with van der Waals surface area (Å²) in [7, 11) is 0. The van der Waals surface area contributed by atoms with Crippen LogP contribution in [0, 0.1) is 13.8 Å². The highest BCUT2D eigenvalue weighted by atomic mass is 16.5. The van der Waals surface area contributed by atoms with E-state index in [1.165, 1.54) is 11.1 Å². The maximum Gasteiger partial charge on any atom is 0.223 e. The molecule has 0 aliphatic heterocycles. The van der Waals surface area contributed by atoms with Crippen molar-refractivity contribution in [1.29, 1.82) is 0 Å². The molecule has 0 unspecified atom stereocenters. The molecule has 0 saturated carbocycles. The number of hydrogen-bond donors (Lipinski definition) is 1. The van der Waals surface area contributed by atoms with Crippen LogP contribution in [-0.4, -0.2) is 16.7 Å². The predicted molar refractivity (Wildman–Crippen MR) is 65.6 cm³/mol. The molecule has 17 heavy (non-hydrogen) atoms. The van der Waals surface area contributed by atoms with Crippen molar-refractivity contribution >= 4 is 0 Å². The van der Waals surface area contributed by atoms with Crippen LogP contribution in [0.15, 0.2) is 28.8 Å². The second kappa shape index (κ2) is 5.59. The van der Waals surface area contributed by atoms with Gasteiger partial charge in [0, 0.05) is 6.92 Å². The third kappa shape index (κ3) is 3.39. The van der Waals surface area contributed by atoms with Gasteiger partial charge in [-0.05, 0) is 31.0 Å². The fraction of sp³-hybridized carbons (Fsp3) is 0.385. The van der Waals surface area contributed by atoms with Crippen LogP contribution in [0.25, 0.3) is 0 Å². The first-order valence-corrected chi connectivity index (χ1v) is 5.80. The Kier molecular flexibility index (Phi) is 3.88. The third-order valence-electron chi connectivity index (χ3n) is 2.69. The summed E-state index contributed by atoms with van der Waals surface area (Å²) < 4.78 is 4.90. The van der Waals surface area contributed by atoms with Crippen LogP contribution >= 0.6 is 0 Å². The molecule has 0 bridgehead atoms. The number of hydrogen-bond acceptors (Lipinski definition) is 4. The second-order valence-corrected chi connectivity index (χ2v) is 4.08. The van der Waals surface area contributed by atoms with E-state index in [1.807, 2.05) is 0 Å². The smallest absolute Gasteiger partial charge is 0.223 e. The number of nitrogens with one attached hydrogen (secondary N) is 1. The van der Waals surface area contributed by atoms with Crippen molar-refractivity contribution in [3.8, 4) is 0 Å². The van der Waals surface area contributed by atoms with E-state index in [9.17, 15) is 0 Å². The van der Waals surface area contributed by atoms with E-state index in [4.69, 9.17) is 4.52 Å². The minimum atomic E-state index is 0.612. The zero-order valence-corrected chi connectivity index (χ0v) is 10.2. The lowest BCUT2D eigenvalue weighted by atomic mass is 10.1. The van der Waals surface area contributed by atoms with Crippen LogP contribution < -0.4 is 5.32 Å². The number of aryl methyl sites for hydroxylation is 2. The van der Waals surface area contributed by atoms with Crippen LogP contribution in [0.1, 0.15) is 22.8 Å². The summed E-state index contributed by atoms with van der Waals surface area (Å²) in [5.41, 5.74) is 2.72. The van der Waals surface area contributed by atoms with Gasteiger partial charge in [-0.2, -0.15) is 4.98 Å². The summed E-state index contributed by atoms with van der Waals surface area (Å²) in [6.07, 6.45) is 1.02. The van der Waals surface area contributed by atoms with Crippen molar-refractivity contribution < 1.29 is 4.52 Å². The van der Waals surface area contributed by atoms with Crippen molar-refractivity contribution in [2.24, 2.45) is 0 Å². The fourth-order valence-corrected chi connectivity index (χ4v) is 1.73. The summed E-state index contributed by atoms with van der Waals surface area (Å²) in [6, 6.07) is 8.44. The van der Waals surface area contributed by atoms with Gasteiger partial charge < -0.3 is 9.84 Å². The Morgan fingerprint density at radius 2 is 2.06 bits per heavy atom. The Morgan fingerprint density at radius 3 is 2.76 bits per heavy atom. The van der Waals surface area contributed by atoms with Crippen molar-refractivity contribution in [2.75, 3.05) is 6.54 Å². The topological polar surface area (TPSA) is 51.0 Å². The Hall–Kier alpha value is -1.68. The van der Waals surface area contributed by atoms with Gasteiger partial charge in [-0.3, -0.25) is 0 Å². The van der Waals surface area contributed by atoms with E-state index in [-0.39, 0.29) is 0 Å². The average molecular weight is 231 g/mol. The van der Waals surface area contributed by atoms with Crippen LogP contribution in [0.2, 0.25) is 0 Å². The summed E-state index contributed by atoms with van der Waals surface area (Å²) >= 11 is 0. The van der Waals surface area contributed by atoms with Gasteiger partial charge in [0.1, 0.15) is 0 Å². The predicted octanol–water partition coefficient (Wildman–Crippen LogP) is 2.02. The molecule has 1 aromatic carbocycles. The molecule has 1 N–H and O–H groups in total. The van der Waals surface area contributed by atoms with Crippen molar-refractivity contribution in [3.05, 3.63) is 47.1 Å². The van der Waals surface area contributed by atoms with Gasteiger partial charge in [0.2, 0.25) is 5.89 Å². The lowest BCUT2D eigenvalue weighted by molar-refractivity contribution is 0.385. The van der Waals surface area contributed by atoms with E-state index in [0.29, 0.717) is 18.3 Å². The summed E-state index contributed by atoms with van der Waals surface area (Å²) in [5.74, 6) is 1.33. The van der Waals surface area contributed by atoms with Crippen LogP contribution in [0.3, 0.4) is 0 Å². The molecule has 0 radical (unpaired) electrons. The minimum absolute atomic E-state index is 0.612. The molecule has 0 aliphatic rings. The second-order valence-electron chi connectivity index (χ2n) is 4.08. The molecule has 0 amide bonds. The molecule has 1 heterocycles. The molecule has 0 atom stereocenters. The molecule has 4 nitrogen and oxygen atoms in total. The number of aromatic nitrogens is 2. The monoisotopic (exact) mass is 231 g/mol. The SMILES string of the molecule is Cc1nc(CNCCc2ccccc2C)no1. The van der Waals surface area contributed by atoms with E-state index in [2.05, 4.69) is 46.6 Å². The molecule has 90 valence electrons. The average Bonchev–Trinajstić information content (AvgIpc) is 2.73. The van der Waals surface area contributed by atoms with Crippen LogP contribution in [-0.2, 0) is 13.0 Å². The first-order valence-electron chi connectivity index (χ1n) is 5.80. The Balaban J connectivity index is 1.75. The molecular weight excluding hydrogens is 214 g/mol. The van der Waals surface area contributed by atoms with Crippen LogP contribution in [0.5, 0.6) is 0 Å². The largest absolute Gasteiger partial charge is 0.340 e. The van der Waals surface area contributed by atoms with E-state index < -0.39 is 0 Å². The first kappa shape index (κ1) is 11.8. The Bertz CT molecular complexity index is 479. The number of benzene rings is 1. The Labute approximate surface area is 101 Å². The molecular formula is C13H17N3O. The first-order chi connectivity index (χ1) is 8.25. The minimum Gasteiger partial charge on any atom is -0.340 e. The van der Waals surface area contributed by atoms with Crippen molar-refractivity contribution in [2.45, 2.75) is 26.8 Å². The normalized spacial score (nSPS) is 10.7. The summed E-state index contributed by atoms with van der Waals surface area (Å²) in [4.78, 5) is 4.13. The zero-order valence-electron chi connectivity index (χ0n) is 10.2. The molecule has 2 aromatic rings. The summed E-state index contributed by atoms with van der Waals surface area (Å²) in [5, 5.41) is 7.13. The highest BCUT2D eigenvalue weighted by Crippen LogP contribution is 2.06. The Morgan fingerprint density at radius 1 is 1.24 bits per heavy atom. The van der Waals surface area contributed by atoms with E-state index in [1.54, 1.807) is 6.92 Å². The molecule has 0 spiro atoms. The highest BCUT2D eigenvalue weighted by Gasteiger charge is 2.01. The van der Waals surface area contributed by atoms with Gasteiger partial charge in [0.25, 0.3) is 0 Å². The fourth-order valence-electron chi connectivity index (χ4n) is 1.73. The molecule has 0 aliphatic carbocycles. The van der Waals surface area contributed by atoms with Gasteiger partial charge in [0.05, 0.1) is 6.54 Å². The standard InChI is InChI=1S/C13H17N3O/c1-10-5-3-4-6-12(10)7-8-14-9-13-15-11(2)17-16-13/h3-6,14H,7-9H2,1-2H3. The maximum atomic E-state index is 4.90. The van der Waals surface area contributed by atoms with Crippen molar-refractivity contribution in [3.63, 3.8) is 0 Å². The van der Waals surface area contributed by atoms with Gasteiger partial charge in [-0.25, -0.2) is 0 Å². The van der Waals surface area contributed by atoms with E-state index in [0.717, 1.165) is 13.0 Å². The third-order valence-corrected chi connectivity index (χ3v) is 2.69. The van der Waals surface area contributed by atoms with Gasteiger partial charge >= 0.3 is 0 Å². The molecule has 1 aromatic heterocycles. The lowest BCUT2D eigenvalue weighted by Crippen LogP contribution is -2.17. The van der Waals surface area contributed by atoms with Gasteiger partial charge in [0.15, 0.2) is 5.82 Å². The number of nitrogens with zero attached hydrogens (tertiary/aromatic N) is 2. The van der Waals surface area contributed by atoms with E-state index >= 15 is 0 Å².